The molecule has 1 aliphatic rings. The number of hydrogen-bond acceptors (Lipinski definition) is 5. The fourth-order valence-electron chi connectivity index (χ4n) is 1.76. The van der Waals surface area contributed by atoms with Crippen molar-refractivity contribution in [3.63, 3.8) is 0 Å². The van der Waals surface area contributed by atoms with Gasteiger partial charge in [0.2, 0.25) is 0 Å². The van der Waals surface area contributed by atoms with E-state index in [0.717, 1.165) is 18.0 Å². The third-order valence-electron chi connectivity index (χ3n) is 2.76. The lowest BCUT2D eigenvalue weighted by Crippen LogP contribution is -2.27. The van der Waals surface area contributed by atoms with Crippen molar-refractivity contribution in [1.29, 1.82) is 5.26 Å². The van der Waals surface area contributed by atoms with Gasteiger partial charge in [0.05, 0.1) is 25.3 Å². The molecule has 0 radical (unpaired) electrons. The lowest BCUT2D eigenvalue weighted by atomic mass is 10.1. The number of thioether (sulfide) groups is 1. The van der Waals surface area contributed by atoms with Crippen LogP contribution < -0.4 is 0 Å². The van der Waals surface area contributed by atoms with Gasteiger partial charge in [-0.3, -0.25) is 9.69 Å². The fourth-order valence-corrected chi connectivity index (χ4v) is 2.79. The number of carbonyl (C=O) groups is 1. The molecule has 0 atom stereocenters. The minimum atomic E-state index is -0.208. The summed E-state index contributed by atoms with van der Waals surface area (Å²) in [5.41, 5.74) is 1.73. The maximum absolute atomic E-state index is 11.2. The molecule has 2 rings (SSSR count). The van der Waals surface area contributed by atoms with Crippen LogP contribution in [-0.2, 0) is 9.53 Å². The molecule has 4 nitrogen and oxygen atoms in total. The van der Waals surface area contributed by atoms with E-state index in [2.05, 4.69) is 16.9 Å². The molecule has 98 valence electrons. The first kappa shape index (κ1) is 13.7. The molecule has 1 aromatic rings. The summed E-state index contributed by atoms with van der Waals surface area (Å²) in [5.74, 6) is 0.595. The van der Waals surface area contributed by atoms with Crippen molar-refractivity contribution in [3.05, 3.63) is 40.3 Å². The van der Waals surface area contributed by atoms with Crippen molar-refractivity contribution in [2.45, 2.75) is 0 Å². The quantitative estimate of drug-likeness (QED) is 0.790. The molecule has 0 amide bonds. The van der Waals surface area contributed by atoms with Crippen molar-refractivity contribution in [3.8, 4) is 6.07 Å². The molecule has 0 aromatic heterocycles. The Morgan fingerprint density at radius 1 is 1.53 bits per heavy atom. The maximum atomic E-state index is 11.2. The minimum absolute atomic E-state index is 0.208. The summed E-state index contributed by atoms with van der Waals surface area (Å²) in [6, 6.07) is 9.56. The van der Waals surface area contributed by atoms with Gasteiger partial charge in [0, 0.05) is 17.3 Å². The van der Waals surface area contributed by atoms with E-state index in [9.17, 15) is 4.79 Å². The largest absolute Gasteiger partial charge is 0.468 e. The van der Waals surface area contributed by atoms with Crippen LogP contribution in [0.25, 0.3) is 6.08 Å². The number of methoxy groups -OCH3 is 1. The van der Waals surface area contributed by atoms with Gasteiger partial charge in [-0.1, -0.05) is 12.1 Å². The SMILES string of the molecule is COC(=O)CN1CSC(=Cc2ccc(C#N)cc2)C1. The molecule has 0 spiro atoms. The van der Waals surface area contributed by atoms with Crippen LogP contribution in [0.15, 0.2) is 29.2 Å². The van der Waals surface area contributed by atoms with Gasteiger partial charge < -0.3 is 4.74 Å². The van der Waals surface area contributed by atoms with E-state index >= 15 is 0 Å². The van der Waals surface area contributed by atoms with E-state index in [1.807, 2.05) is 17.0 Å². The summed E-state index contributed by atoms with van der Waals surface area (Å²) in [7, 11) is 1.40. The number of benzene rings is 1. The van der Waals surface area contributed by atoms with E-state index in [4.69, 9.17) is 5.26 Å². The van der Waals surface area contributed by atoms with Crippen molar-refractivity contribution < 1.29 is 9.53 Å². The summed E-state index contributed by atoms with van der Waals surface area (Å²) >= 11 is 1.72. The number of carbonyl (C=O) groups excluding carboxylic acids is 1. The number of esters is 1. The number of nitriles is 1. The standard InChI is InChI=1S/C14H14N2O2S/c1-18-14(17)9-16-8-13(19-10-16)6-11-2-4-12(7-15)5-3-11/h2-6H,8-10H2,1H3. The Bertz CT molecular complexity index is 531. The number of rotatable bonds is 3. The van der Waals surface area contributed by atoms with Crippen molar-refractivity contribution in [2.75, 3.05) is 26.1 Å². The number of ether oxygens (including phenoxy) is 1. The van der Waals surface area contributed by atoms with Gasteiger partial charge in [0.15, 0.2) is 0 Å². The Labute approximate surface area is 116 Å². The Morgan fingerprint density at radius 2 is 2.26 bits per heavy atom. The van der Waals surface area contributed by atoms with Gasteiger partial charge in [0.25, 0.3) is 0 Å². The van der Waals surface area contributed by atoms with E-state index in [1.54, 1.807) is 23.9 Å². The topological polar surface area (TPSA) is 53.3 Å². The Balaban J connectivity index is 1.97. The highest BCUT2D eigenvalue weighted by molar-refractivity contribution is 8.03. The Kier molecular flexibility index (Phi) is 4.61. The molecule has 5 heteroatoms. The average Bonchev–Trinajstić information content (AvgIpc) is 2.86. The molecule has 1 fully saturated rings. The molecule has 19 heavy (non-hydrogen) atoms. The van der Waals surface area contributed by atoms with Gasteiger partial charge in [-0.15, -0.1) is 11.8 Å². The highest BCUT2D eigenvalue weighted by Crippen LogP contribution is 2.28. The monoisotopic (exact) mass is 274 g/mol. The van der Waals surface area contributed by atoms with Gasteiger partial charge in [-0.25, -0.2) is 0 Å². The van der Waals surface area contributed by atoms with Gasteiger partial charge in [-0.2, -0.15) is 5.26 Å². The van der Waals surface area contributed by atoms with Crippen LogP contribution in [0.3, 0.4) is 0 Å². The minimum Gasteiger partial charge on any atom is -0.468 e. The molecular formula is C14H14N2O2S. The first-order valence-corrected chi connectivity index (χ1v) is 6.82. The second-order valence-electron chi connectivity index (χ2n) is 4.18. The van der Waals surface area contributed by atoms with E-state index in [-0.39, 0.29) is 5.97 Å². The molecule has 0 unspecified atom stereocenters. The summed E-state index contributed by atoms with van der Waals surface area (Å²) < 4.78 is 4.65. The first-order chi connectivity index (χ1) is 9.21. The van der Waals surface area contributed by atoms with Crippen molar-refractivity contribution in [1.82, 2.24) is 4.90 Å². The van der Waals surface area contributed by atoms with E-state index < -0.39 is 0 Å². The smallest absolute Gasteiger partial charge is 0.319 e. The lowest BCUT2D eigenvalue weighted by Gasteiger charge is -2.10. The third kappa shape index (κ3) is 3.85. The molecule has 0 bridgehead atoms. The highest BCUT2D eigenvalue weighted by atomic mass is 32.2. The number of hydrogen-bond donors (Lipinski definition) is 0. The fraction of sp³-hybridized carbons (Fsp3) is 0.286. The van der Waals surface area contributed by atoms with Gasteiger partial charge >= 0.3 is 5.97 Å². The maximum Gasteiger partial charge on any atom is 0.319 e. The molecule has 1 heterocycles. The van der Waals surface area contributed by atoms with Gasteiger partial charge in [0.1, 0.15) is 0 Å². The third-order valence-corrected chi connectivity index (χ3v) is 3.87. The molecular weight excluding hydrogens is 260 g/mol. The molecule has 1 aromatic carbocycles. The van der Waals surface area contributed by atoms with Crippen LogP contribution in [0.4, 0.5) is 0 Å². The molecule has 0 N–H and O–H groups in total. The second-order valence-corrected chi connectivity index (χ2v) is 5.25. The van der Waals surface area contributed by atoms with E-state index in [0.29, 0.717) is 12.1 Å². The summed E-state index contributed by atoms with van der Waals surface area (Å²) in [4.78, 5) is 14.4. The Hall–Kier alpha value is -1.77. The van der Waals surface area contributed by atoms with Crippen LogP contribution >= 0.6 is 11.8 Å². The summed E-state index contributed by atoms with van der Waals surface area (Å²) in [6.45, 7) is 1.09. The van der Waals surface area contributed by atoms with Crippen LogP contribution in [0.5, 0.6) is 0 Å². The zero-order valence-corrected chi connectivity index (χ0v) is 11.4. The first-order valence-electron chi connectivity index (χ1n) is 5.84. The molecule has 0 aliphatic carbocycles. The van der Waals surface area contributed by atoms with Crippen LogP contribution in [0.2, 0.25) is 0 Å². The molecule has 1 saturated heterocycles. The van der Waals surface area contributed by atoms with Crippen molar-refractivity contribution >= 4 is 23.8 Å². The number of nitrogens with zero attached hydrogens (tertiary/aromatic N) is 2. The summed E-state index contributed by atoms with van der Waals surface area (Å²) in [6.07, 6.45) is 2.09. The van der Waals surface area contributed by atoms with Crippen LogP contribution in [0.1, 0.15) is 11.1 Å². The van der Waals surface area contributed by atoms with Crippen LogP contribution in [-0.4, -0.2) is 36.9 Å². The normalized spacial score (nSPS) is 17.4. The van der Waals surface area contributed by atoms with Crippen LogP contribution in [0, 0.1) is 11.3 Å². The van der Waals surface area contributed by atoms with E-state index in [1.165, 1.54) is 12.0 Å². The van der Waals surface area contributed by atoms with Gasteiger partial charge in [-0.05, 0) is 23.8 Å². The molecule has 1 aliphatic heterocycles. The zero-order chi connectivity index (χ0) is 13.7. The highest BCUT2D eigenvalue weighted by Gasteiger charge is 2.19. The predicted molar refractivity (Wildman–Crippen MR) is 75.2 cm³/mol. The lowest BCUT2D eigenvalue weighted by molar-refractivity contribution is -0.141. The molecule has 0 saturated carbocycles. The van der Waals surface area contributed by atoms with Crippen molar-refractivity contribution in [2.24, 2.45) is 0 Å². The Morgan fingerprint density at radius 3 is 2.89 bits per heavy atom. The average molecular weight is 274 g/mol. The zero-order valence-electron chi connectivity index (χ0n) is 10.6. The predicted octanol–water partition coefficient (Wildman–Crippen LogP) is 2.08. The summed E-state index contributed by atoms with van der Waals surface area (Å²) in [5, 5.41) is 8.73. The second kappa shape index (κ2) is 6.41.